The highest BCUT2D eigenvalue weighted by molar-refractivity contribution is 9.10. The van der Waals surface area contributed by atoms with Crippen LogP contribution in [0, 0.1) is 0 Å². The molecule has 0 spiro atoms. The van der Waals surface area contributed by atoms with Gasteiger partial charge in [-0.25, -0.2) is 13.4 Å². The second-order valence-corrected chi connectivity index (χ2v) is 9.73. The third kappa shape index (κ3) is 3.95. The Balaban J connectivity index is 1.59. The predicted molar refractivity (Wildman–Crippen MR) is 114 cm³/mol. The van der Waals surface area contributed by atoms with Crippen LogP contribution in [0.5, 0.6) is 5.75 Å². The van der Waals surface area contributed by atoms with E-state index in [9.17, 15) is 8.42 Å². The van der Waals surface area contributed by atoms with Crippen molar-refractivity contribution in [3.05, 3.63) is 40.9 Å². The van der Waals surface area contributed by atoms with Gasteiger partial charge in [-0.05, 0) is 52.3 Å². The summed E-state index contributed by atoms with van der Waals surface area (Å²) in [7, 11) is -2.19. The molecule has 2 heterocycles. The second kappa shape index (κ2) is 7.86. The number of halogens is 1. The fraction of sp³-hybridized carbons (Fsp3) is 0.278. The molecule has 3 aromatic rings. The molecule has 0 saturated carbocycles. The van der Waals surface area contributed by atoms with Gasteiger partial charge in [0.25, 0.3) is 10.0 Å². The molecule has 0 amide bonds. The summed E-state index contributed by atoms with van der Waals surface area (Å²) in [6.45, 7) is 3.01. The van der Waals surface area contributed by atoms with Crippen molar-refractivity contribution in [3.63, 3.8) is 0 Å². The molecule has 148 valence electrons. The number of sulfonamides is 1. The van der Waals surface area contributed by atoms with Gasteiger partial charge >= 0.3 is 0 Å². The Hall–Kier alpha value is -1.88. The van der Waals surface area contributed by atoms with Gasteiger partial charge in [-0.15, -0.1) is 0 Å². The summed E-state index contributed by atoms with van der Waals surface area (Å²) < 4.78 is 40.1. The number of anilines is 2. The van der Waals surface area contributed by atoms with Crippen LogP contribution >= 0.6 is 27.3 Å². The molecule has 4 rings (SSSR count). The number of aromatic nitrogens is 1. The van der Waals surface area contributed by atoms with Gasteiger partial charge in [0.2, 0.25) is 0 Å². The number of fused-ring (bicyclic) bond motifs is 1. The highest BCUT2D eigenvalue weighted by Crippen LogP contribution is 2.32. The number of ether oxygens (including phenoxy) is 2. The first-order valence-corrected chi connectivity index (χ1v) is 11.7. The molecule has 1 saturated heterocycles. The summed E-state index contributed by atoms with van der Waals surface area (Å²) in [5.74, 6) is 0.570. The SMILES string of the molecule is COc1ccc(S(=O)(=O)Nc2ccc3nc(N4CCOCC4)sc3c2)cc1Br. The van der Waals surface area contributed by atoms with Gasteiger partial charge < -0.3 is 14.4 Å². The molecule has 0 radical (unpaired) electrons. The minimum Gasteiger partial charge on any atom is -0.496 e. The zero-order chi connectivity index (χ0) is 19.7. The number of rotatable bonds is 5. The van der Waals surface area contributed by atoms with E-state index in [1.54, 1.807) is 23.5 Å². The lowest BCUT2D eigenvalue weighted by atomic mass is 10.3. The van der Waals surface area contributed by atoms with Crippen LogP contribution in [0.2, 0.25) is 0 Å². The highest BCUT2D eigenvalue weighted by Gasteiger charge is 2.18. The van der Waals surface area contributed by atoms with Gasteiger partial charge in [-0.1, -0.05) is 11.3 Å². The van der Waals surface area contributed by atoms with Gasteiger partial charge in [0.1, 0.15) is 5.75 Å². The van der Waals surface area contributed by atoms with Crippen LogP contribution in [0.1, 0.15) is 0 Å². The van der Waals surface area contributed by atoms with Crippen molar-refractivity contribution in [2.24, 2.45) is 0 Å². The fourth-order valence-electron chi connectivity index (χ4n) is 2.89. The molecular weight excluding hydrogens is 466 g/mol. The lowest BCUT2D eigenvalue weighted by Crippen LogP contribution is -2.36. The molecular formula is C18H18BrN3O4S2. The first kappa shape index (κ1) is 19.4. The van der Waals surface area contributed by atoms with Crippen molar-refractivity contribution in [2.75, 3.05) is 43.0 Å². The molecule has 7 nitrogen and oxygen atoms in total. The lowest BCUT2D eigenvalue weighted by Gasteiger charge is -2.25. The van der Waals surface area contributed by atoms with Gasteiger partial charge in [0.05, 0.1) is 45.6 Å². The van der Waals surface area contributed by atoms with Crippen LogP contribution in [0.3, 0.4) is 0 Å². The van der Waals surface area contributed by atoms with Crippen molar-refractivity contribution < 1.29 is 17.9 Å². The minimum absolute atomic E-state index is 0.151. The highest BCUT2D eigenvalue weighted by atomic mass is 79.9. The molecule has 0 bridgehead atoms. The maximum Gasteiger partial charge on any atom is 0.261 e. The molecule has 0 atom stereocenters. The van der Waals surface area contributed by atoms with Crippen molar-refractivity contribution in [1.82, 2.24) is 4.98 Å². The fourth-order valence-corrected chi connectivity index (χ4v) is 5.72. The van der Waals surface area contributed by atoms with E-state index >= 15 is 0 Å². The third-order valence-corrected chi connectivity index (χ3v) is 7.42. The van der Waals surface area contributed by atoms with Crippen molar-refractivity contribution in [1.29, 1.82) is 0 Å². The summed E-state index contributed by atoms with van der Waals surface area (Å²) in [6.07, 6.45) is 0. The Morgan fingerprint density at radius 1 is 1.21 bits per heavy atom. The molecule has 0 unspecified atom stereocenters. The number of benzene rings is 2. The topological polar surface area (TPSA) is 80.8 Å². The number of hydrogen-bond acceptors (Lipinski definition) is 7. The van der Waals surface area contributed by atoms with E-state index in [4.69, 9.17) is 9.47 Å². The summed E-state index contributed by atoms with van der Waals surface area (Å²) in [4.78, 5) is 6.99. The smallest absolute Gasteiger partial charge is 0.261 e. The van der Waals surface area contributed by atoms with Crippen LogP contribution in [0.15, 0.2) is 45.8 Å². The number of nitrogens with one attached hydrogen (secondary N) is 1. The molecule has 0 aliphatic carbocycles. The average Bonchev–Trinajstić information content (AvgIpc) is 3.11. The Morgan fingerprint density at radius 2 is 2.00 bits per heavy atom. The average molecular weight is 484 g/mol. The Bertz CT molecular complexity index is 1110. The number of methoxy groups -OCH3 is 1. The van der Waals surface area contributed by atoms with Crippen LogP contribution in [-0.2, 0) is 14.8 Å². The van der Waals surface area contributed by atoms with E-state index in [0.29, 0.717) is 29.1 Å². The number of nitrogens with zero attached hydrogens (tertiary/aromatic N) is 2. The standard InChI is InChI=1S/C18H18BrN3O4S2/c1-25-16-5-3-13(11-14(16)19)28(23,24)21-12-2-4-15-17(10-12)27-18(20-15)22-6-8-26-9-7-22/h2-5,10-11,21H,6-9H2,1H3. The van der Waals surface area contributed by atoms with Crippen molar-refractivity contribution in [3.8, 4) is 5.75 Å². The Morgan fingerprint density at radius 3 is 2.71 bits per heavy atom. The predicted octanol–water partition coefficient (Wildman–Crippen LogP) is 3.70. The number of thiazole rings is 1. The quantitative estimate of drug-likeness (QED) is 0.595. The normalized spacial score (nSPS) is 15.0. The van der Waals surface area contributed by atoms with Crippen molar-refractivity contribution in [2.45, 2.75) is 4.90 Å². The van der Waals surface area contributed by atoms with Crippen molar-refractivity contribution >= 4 is 58.3 Å². The van der Waals surface area contributed by atoms with Gasteiger partial charge in [0, 0.05) is 13.1 Å². The lowest BCUT2D eigenvalue weighted by molar-refractivity contribution is 0.122. The number of morpholine rings is 1. The molecule has 10 heteroatoms. The van der Waals surface area contributed by atoms with Crippen LogP contribution in [-0.4, -0.2) is 46.8 Å². The molecule has 1 N–H and O–H groups in total. The van der Waals surface area contributed by atoms with E-state index in [1.165, 1.54) is 19.2 Å². The maximum absolute atomic E-state index is 12.7. The zero-order valence-corrected chi connectivity index (χ0v) is 18.2. The summed E-state index contributed by atoms with van der Waals surface area (Å²) in [5.41, 5.74) is 1.35. The van der Waals surface area contributed by atoms with Gasteiger partial charge in [0.15, 0.2) is 5.13 Å². The molecule has 1 fully saturated rings. The number of hydrogen-bond donors (Lipinski definition) is 1. The maximum atomic E-state index is 12.7. The first-order valence-electron chi connectivity index (χ1n) is 8.56. The first-order chi connectivity index (χ1) is 13.5. The van der Waals surface area contributed by atoms with Crippen LogP contribution < -0.4 is 14.4 Å². The van der Waals surface area contributed by atoms with Crippen LogP contribution in [0.4, 0.5) is 10.8 Å². The molecule has 1 aliphatic rings. The molecule has 1 aromatic heterocycles. The Labute approximate surface area is 175 Å². The van der Waals surface area contributed by atoms with E-state index in [2.05, 4.69) is 30.5 Å². The van der Waals surface area contributed by atoms with E-state index in [1.807, 2.05) is 12.1 Å². The second-order valence-electron chi connectivity index (χ2n) is 6.18. The third-order valence-electron chi connectivity index (χ3n) is 4.34. The summed E-state index contributed by atoms with van der Waals surface area (Å²) >= 11 is 4.87. The van der Waals surface area contributed by atoms with Gasteiger partial charge in [-0.2, -0.15) is 0 Å². The molecule has 2 aromatic carbocycles. The van der Waals surface area contributed by atoms with E-state index < -0.39 is 10.0 Å². The molecule has 28 heavy (non-hydrogen) atoms. The minimum atomic E-state index is -3.72. The van der Waals surface area contributed by atoms with Gasteiger partial charge in [-0.3, -0.25) is 4.72 Å². The largest absolute Gasteiger partial charge is 0.496 e. The monoisotopic (exact) mass is 483 g/mol. The van der Waals surface area contributed by atoms with E-state index in [-0.39, 0.29) is 4.90 Å². The Kier molecular flexibility index (Phi) is 5.46. The summed E-state index contributed by atoms with van der Waals surface area (Å²) in [6, 6.07) is 10.0. The van der Waals surface area contributed by atoms with E-state index in [0.717, 1.165) is 28.4 Å². The van der Waals surface area contributed by atoms with Crippen LogP contribution in [0.25, 0.3) is 10.2 Å². The molecule has 1 aliphatic heterocycles. The summed E-state index contributed by atoms with van der Waals surface area (Å²) in [5, 5.41) is 0.928. The zero-order valence-electron chi connectivity index (χ0n) is 15.0.